The molecule has 0 saturated carbocycles. The van der Waals surface area contributed by atoms with Gasteiger partial charge in [-0.05, 0) is 11.8 Å². The fourth-order valence-electron chi connectivity index (χ4n) is 1.09. The lowest BCUT2D eigenvalue weighted by molar-refractivity contribution is -0.123. The van der Waals surface area contributed by atoms with Gasteiger partial charge in [0.05, 0.1) is 6.04 Å². The van der Waals surface area contributed by atoms with Gasteiger partial charge in [-0.25, -0.2) is 0 Å². The highest BCUT2D eigenvalue weighted by Gasteiger charge is 2.26. The monoisotopic (exact) mass is 201 g/mol. The smallest absolute Gasteiger partial charge is 0.237 e. The number of carbonyl (C=O) groups excluding carboxylic acids is 1. The standard InChI is InChI=1S/C10H23N3O/c1-5-7(12)9(14)13-8(6-11)10(2,3)4/h7-8H,5-6,11-12H2,1-4H3,(H,13,14). The molecule has 0 rings (SSSR count). The second-order valence-corrected chi connectivity index (χ2v) is 4.68. The van der Waals surface area contributed by atoms with E-state index < -0.39 is 6.04 Å². The molecule has 84 valence electrons. The van der Waals surface area contributed by atoms with Crippen LogP contribution in [0.5, 0.6) is 0 Å². The Labute approximate surface area is 86.4 Å². The molecule has 0 radical (unpaired) electrons. The fourth-order valence-corrected chi connectivity index (χ4v) is 1.09. The lowest BCUT2D eigenvalue weighted by Crippen LogP contribution is -2.52. The highest BCUT2D eigenvalue weighted by molar-refractivity contribution is 5.81. The van der Waals surface area contributed by atoms with Gasteiger partial charge in [-0.2, -0.15) is 0 Å². The summed E-state index contributed by atoms with van der Waals surface area (Å²) in [5.41, 5.74) is 11.2. The van der Waals surface area contributed by atoms with Crippen molar-refractivity contribution >= 4 is 5.91 Å². The van der Waals surface area contributed by atoms with E-state index in [0.29, 0.717) is 13.0 Å². The molecule has 0 aromatic carbocycles. The van der Waals surface area contributed by atoms with Crippen LogP contribution in [0.25, 0.3) is 0 Å². The van der Waals surface area contributed by atoms with Gasteiger partial charge >= 0.3 is 0 Å². The topological polar surface area (TPSA) is 81.1 Å². The lowest BCUT2D eigenvalue weighted by Gasteiger charge is -2.31. The van der Waals surface area contributed by atoms with Crippen LogP contribution in [-0.2, 0) is 4.79 Å². The third kappa shape index (κ3) is 4.07. The maximum atomic E-state index is 11.5. The molecule has 0 heterocycles. The highest BCUT2D eigenvalue weighted by Crippen LogP contribution is 2.18. The quantitative estimate of drug-likeness (QED) is 0.608. The first-order valence-electron chi connectivity index (χ1n) is 5.09. The zero-order valence-electron chi connectivity index (χ0n) is 9.63. The first-order valence-corrected chi connectivity index (χ1v) is 5.09. The Morgan fingerprint density at radius 2 is 1.93 bits per heavy atom. The second kappa shape index (κ2) is 5.32. The summed E-state index contributed by atoms with van der Waals surface area (Å²) in [4.78, 5) is 11.5. The van der Waals surface area contributed by atoms with E-state index in [9.17, 15) is 4.79 Å². The van der Waals surface area contributed by atoms with Crippen LogP contribution in [-0.4, -0.2) is 24.5 Å². The van der Waals surface area contributed by atoms with Crippen molar-refractivity contribution in [3.05, 3.63) is 0 Å². The molecule has 0 aliphatic heterocycles. The Morgan fingerprint density at radius 1 is 1.43 bits per heavy atom. The van der Waals surface area contributed by atoms with Gasteiger partial charge in [0, 0.05) is 12.6 Å². The molecule has 4 nitrogen and oxygen atoms in total. The number of nitrogens with one attached hydrogen (secondary N) is 1. The van der Waals surface area contributed by atoms with Crippen LogP contribution < -0.4 is 16.8 Å². The summed E-state index contributed by atoms with van der Waals surface area (Å²) < 4.78 is 0. The van der Waals surface area contributed by atoms with Crippen LogP contribution in [0.2, 0.25) is 0 Å². The summed E-state index contributed by atoms with van der Waals surface area (Å²) in [5, 5.41) is 2.87. The molecule has 0 aromatic rings. The minimum Gasteiger partial charge on any atom is -0.350 e. The summed E-state index contributed by atoms with van der Waals surface area (Å²) in [6.07, 6.45) is 0.646. The maximum absolute atomic E-state index is 11.5. The Balaban J connectivity index is 4.26. The van der Waals surface area contributed by atoms with E-state index in [1.165, 1.54) is 0 Å². The van der Waals surface area contributed by atoms with E-state index in [1.54, 1.807) is 0 Å². The molecule has 0 aliphatic rings. The van der Waals surface area contributed by atoms with Crippen molar-refractivity contribution in [2.75, 3.05) is 6.54 Å². The van der Waals surface area contributed by atoms with Crippen LogP contribution in [0.15, 0.2) is 0 Å². The number of amides is 1. The van der Waals surface area contributed by atoms with Crippen molar-refractivity contribution in [2.24, 2.45) is 16.9 Å². The third-order valence-electron chi connectivity index (χ3n) is 2.37. The van der Waals surface area contributed by atoms with Crippen LogP contribution in [0.4, 0.5) is 0 Å². The summed E-state index contributed by atoms with van der Waals surface area (Å²) >= 11 is 0. The average Bonchev–Trinajstić information content (AvgIpc) is 2.10. The van der Waals surface area contributed by atoms with Gasteiger partial charge in [-0.15, -0.1) is 0 Å². The molecule has 2 unspecified atom stereocenters. The van der Waals surface area contributed by atoms with Crippen LogP contribution in [0.1, 0.15) is 34.1 Å². The Bertz CT molecular complexity index is 186. The molecule has 0 spiro atoms. The Kier molecular flexibility index (Phi) is 5.08. The van der Waals surface area contributed by atoms with Crippen LogP contribution >= 0.6 is 0 Å². The molecular formula is C10H23N3O. The van der Waals surface area contributed by atoms with Crippen molar-refractivity contribution in [1.29, 1.82) is 0 Å². The van der Waals surface area contributed by atoms with E-state index in [0.717, 1.165) is 0 Å². The van der Waals surface area contributed by atoms with E-state index in [1.807, 2.05) is 27.7 Å². The summed E-state index contributed by atoms with van der Waals surface area (Å²) in [6, 6.07) is -0.445. The number of hydrogen-bond acceptors (Lipinski definition) is 3. The fraction of sp³-hybridized carbons (Fsp3) is 0.900. The maximum Gasteiger partial charge on any atom is 0.237 e. The number of carbonyl (C=O) groups is 1. The lowest BCUT2D eigenvalue weighted by atomic mass is 9.86. The highest BCUT2D eigenvalue weighted by atomic mass is 16.2. The van der Waals surface area contributed by atoms with Crippen LogP contribution in [0, 0.1) is 5.41 Å². The second-order valence-electron chi connectivity index (χ2n) is 4.68. The van der Waals surface area contributed by atoms with Gasteiger partial charge in [0.15, 0.2) is 0 Å². The number of nitrogens with two attached hydrogens (primary N) is 2. The normalized spacial score (nSPS) is 16.1. The van der Waals surface area contributed by atoms with Gasteiger partial charge in [0.1, 0.15) is 0 Å². The Morgan fingerprint density at radius 3 is 2.21 bits per heavy atom. The molecule has 5 N–H and O–H groups in total. The Hall–Kier alpha value is -0.610. The van der Waals surface area contributed by atoms with Crippen molar-refractivity contribution < 1.29 is 4.79 Å². The third-order valence-corrected chi connectivity index (χ3v) is 2.37. The summed E-state index contributed by atoms with van der Waals surface area (Å²) in [5.74, 6) is -0.113. The van der Waals surface area contributed by atoms with Gasteiger partial charge in [0.2, 0.25) is 5.91 Å². The molecule has 1 amide bonds. The summed E-state index contributed by atoms with van der Waals surface area (Å²) in [6.45, 7) is 8.46. The van der Waals surface area contributed by atoms with Gasteiger partial charge in [-0.3, -0.25) is 4.79 Å². The molecule has 0 fully saturated rings. The van der Waals surface area contributed by atoms with Gasteiger partial charge < -0.3 is 16.8 Å². The number of hydrogen-bond donors (Lipinski definition) is 3. The van der Waals surface area contributed by atoms with Crippen molar-refractivity contribution in [2.45, 2.75) is 46.2 Å². The summed E-state index contributed by atoms with van der Waals surface area (Å²) in [7, 11) is 0. The minimum absolute atomic E-state index is 0.0207. The molecule has 14 heavy (non-hydrogen) atoms. The van der Waals surface area contributed by atoms with Crippen LogP contribution in [0.3, 0.4) is 0 Å². The van der Waals surface area contributed by atoms with E-state index >= 15 is 0 Å². The zero-order chi connectivity index (χ0) is 11.4. The van der Waals surface area contributed by atoms with E-state index in [4.69, 9.17) is 11.5 Å². The number of rotatable bonds is 4. The van der Waals surface area contributed by atoms with Gasteiger partial charge in [-0.1, -0.05) is 27.7 Å². The van der Waals surface area contributed by atoms with Crippen molar-refractivity contribution in [1.82, 2.24) is 5.32 Å². The van der Waals surface area contributed by atoms with E-state index in [-0.39, 0.29) is 17.4 Å². The SMILES string of the molecule is CCC(N)C(=O)NC(CN)C(C)(C)C. The molecule has 2 atom stereocenters. The molecule has 0 bridgehead atoms. The predicted octanol–water partition coefficient (Wildman–Crippen LogP) is 0.213. The van der Waals surface area contributed by atoms with E-state index in [2.05, 4.69) is 5.32 Å². The minimum atomic E-state index is -0.425. The van der Waals surface area contributed by atoms with Gasteiger partial charge in [0.25, 0.3) is 0 Å². The molecule has 0 aliphatic carbocycles. The molecular weight excluding hydrogens is 178 g/mol. The first kappa shape index (κ1) is 13.4. The first-order chi connectivity index (χ1) is 6.32. The van der Waals surface area contributed by atoms with Crippen molar-refractivity contribution in [3.8, 4) is 0 Å². The average molecular weight is 201 g/mol. The molecule has 0 aromatic heterocycles. The zero-order valence-corrected chi connectivity index (χ0v) is 9.63. The van der Waals surface area contributed by atoms with Crippen molar-refractivity contribution in [3.63, 3.8) is 0 Å². The largest absolute Gasteiger partial charge is 0.350 e. The molecule has 4 heteroatoms. The molecule has 0 saturated heterocycles. The predicted molar refractivity (Wildman–Crippen MR) is 58.7 cm³/mol.